The molecule has 0 unspecified atom stereocenters. The maximum absolute atomic E-state index is 13.8. The molecule has 1 heterocycles. The second-order valence-electron chi connectivity index (χ2n) is 6.09. The molecule has 1 aromatic heterocycles. The largest absolute Gasteiger partial charge is 0.293 e. The fourth-order valence-corrected chi connectivity index (χ4v) is 3.22. The van der Waals surface area contributed by atoms with E-state index < -0.39 is 0 Å². The van der Waals surface area contributed by atoms with Gasteiger partial charge in [0.25, 0.3) is 0 Å². The van der Waals surface area contributed by atoms with Crippen LogP contribution >= 0.6 is 11.8 Å². The topological polar surface area (TPSA) is 58.6 Å². The minimum absolute atomic E-state index is 0.0166. The zero-order valence-electron chi connectivity index (χ0n) is 14.7. The van der Waals surface area contributed by atoms with Crippen LogP contribution in [-0.4, -0.2) is 26.7 Å². The molecule has 0 bridgehead atoms. The van der Waals surface area contributed by atoms with E-state index in [0.717, 1.165) is 6.42 Å². The summed E-state index contributed by atoms with van der Waals surface area (Å²) in [5.41, 5.74) is 2.27. The van der Waals surface area contributed by atoms with E-state index in [-0.39, 0.29) is 17.4 Å². The van der Waals surface area contributed by atoms with Gasteiger partial charge in [0.2, 0.25) is 5.16 Å². The van der Waals surface area contributed by atoms with Gasteiger partial charge in [0, 0.05) is 5.56 Å². The van der Waals surface area contributed by atoms with E-state index in [2.05, 4.69) is 29.0 Å². The predicted molar refractivity (Wildman–Crippen MR) is 102 cm³/mol. The summed E-state index contributed by atoms with van der Waals surface area (Å²) in [6.45, 7) is 4.32. The Morgan fingerprint density at radius 2 is 1.92 bits per heavy atom. The number of halogens is 1. The highest BCUT2D eigenvalue weighted by molar-refractivity contribution is 7.99. The molecular formula is C20H20FN3OS. The first-order valence-electron chi connectivity index (χ1n) is 8.51. The number of rotatable bonds is 7. The first kappa shape index (κ1) is 18.3. The number of thioether (sulfide) groups is 1. The molecular weight excluding hydrogens is 349 g/mol. The second-order valence-corrected chi connectivity index (χ2v) is 7.03. The molecule has 3 rings (SSSR count). The van der Waals surface area contributed by atoms with Gasteiger partial charge in [-0.1, -0.05) is 62.0 Å². The number of nitrogens with zero attached hydrogens (tertiary/aromatic N) is 2. The lowest BCUT2D eigenvalue weighted by molar-refractivity contribution is 0.102. The molecule has 1 atom stereocenters. The van der Waals surface area contributed by atoms with Crippen LogP contribution in [0.1, 0.15) is 42.1 Å². The number of carbonyl (C=O) groups excluding carboxylic acids is 1. The molecule has 26 heavy (non-hydrogen) atoms. The van der Waals surface area contributed by atoms with Crippen LogP contribution < -0.4 is 0 Å². The third kappa shape index (κ3) is 4.19. The van der Waals surface area contributed by atoms with Crippen LogP contribution in [0, 0.1) is 5.82 Å². The van der Waals surface area contributed by atoms with Crippen LogP contribution in [0.15, 0.2) is 53.7 Å². The Kier molecular flexibility index (Phi) is 5.83. The molecule has 2 aromatic carbocycles. The van der Waals surface area contributed by atoms with Crippen molar-refractivity contribution >= 4 is 17.5 Å². The first-order valence-corrected chi connectivity index (χ1v) is 9.50. The van der Waals surface area contributed by atoms with Crippen LogP contribution in [-0.2, 0) is 0 Å². The molecule has 0 saturated carbocycles. The molecule has 6 heteroatoms. The average Bonchev–Trinajstić information content (AvgIpc) is 3.14. The number of benzene rings is 2. The van der Waals surface area contributed by atoms with Crippen molar-refractivity contribution in [1.82, 2.24) is 15.2 Å². The van der Waals surface area contributed by atoms with Gasteiger partial charge in [-0.25, -0.2) is 9.37 Å². The third-order valence-corrected chi connectivity index (χ3v) is 5.19. The normalized spacial score (nSPS) is 12.1. The Labute approximate surface area is 156 Å². The number of aromatic nitrogens is 3. The number of carbonyl (C=O) groups is 1. The monoisotopic (exact) mass is 369 g/mol. The number of aromatic amines is 1. The number of ketones is 1. The zero-order chi connectivity index (χ0) is 18.5. The van der Waals surface area contributed by atoms with Gasteiger partial charge in [0.1, 0.15) is 5.82 Å². The van der Waals surface area contributed by atoms with Gasteiger partial charge < -0.3 is 0 Å². The summed E-state index contributed by atoms with van der Waals surface area (Å²) in [4.78, 5) is 16.6. The number of H-pyrrole nitrogens is 1. The van der Waals surface area contributed by atoms with Crippen LogP contribution in [0.25, 0.3) is 11.4 Å². The van der Waals surface area contributed by atoms with E-state index in [1.54, 1.807) is 18.2 Å². The minimum atomic E-state index is -0.363. The highest BCUT2D eigenvalue weighted by Crippen LogP contribution is 2.23. The van der Waals surface area contributed by atoms with Gasteiger partial charge in [0.15, 0.2) is 11.6 Å². The van der Waals surface area contributed by atoms with Crippen LogP contribution in [0.5, 0.6) is 0 Å². The maximum Gasteiger partial charge on any atom is 0.209 e. The standard InChI is InChI=1S/C20H20FN3OS/c1-3-13(2)14-8-10-15(11-9-14)18(25)12-26-20-22-19(23-24-20)16-6-4-5-7-17(16)21/h4-11,13H,3,12H2,1-2H3,(H,22,23,24)/t13-/m0/s1. The highest BCUT2D eigenvalue weighted by atomic mass is 32.2. The number of nitrogens with one attached hydrogen (secondary N) is 1. The summed E-state index contributed by atoms with van der Waals surface area (Å²) in [5, 5.41) is 7.20. The van der Waals surface area contributed by atoms with E-state index in [1.165, 1.54) is 23.4 Å². The summed E-state index contributed by atoms with van der Waals surface area (Å²) in [7, 11) is 0. The molecule has 0 fully saturated rings. The molecule has 0 saturated heterocycles. The van der Waals surface area contributed by atoms with E-state index in [0.29, 0.717) is 28.0 Å². The Balaban J connectivity index is 1.62. The first-order chi connectivity index (χ1) is 12.6. The molecule has 134 valence electrons. The Bertz CT molecular complexity index is 892. The van der Waals surface area contributed by atoms with Gasteiger partial charge >= 0.3 is 0 Å². The molecule has 0 radical (unpaired) electrons. The van der Waals surface area contributed by atoms with Gasteiger partial charge in [0.05, 0.1) is 11.3 Å². The van der Waals surface area contributed by atoms with E-state index in [9.17, 15) is 9.18 Å². The SMILES string of the molecule is CC[C@H](C)c1ccc(C(=O)CSc2n[nH]c(-c3ccccc3F)n2)cc1. The fourth-order valence-electron chi connectivity index (χ4n) is 2.53. The molecule has 0 aliphatic heterocycles. The van der Waals surface area contributed by atoms with Crippen molar-refractivity contribution in [2.24, 2.45) is 0 Å². The van der Waals surface area contributed by atoms with Crippen molar-refractivity contribution in [1.29, 1.82) is 0 Å². The number of hydrogen-bond acceptors (Lipinski definition) is 4. The quantitative estimate of drug-likeness (QED) is 0.465. The van der Waals surface area contributed by atoms with Crippen LogP contribution in [0.3, 0.4) is 0 Å². The van der Waals surface area contributed by atoms with Crippen LogP contribution in [0.2, 0.25) is 0 Å². The molecule has 0 amide bonds. The maximum atomic E-state index is 13.8. The molecule has 4 nitrogen and oxygen atoms in total. The number of hydrogen-bond donors (Lipinski definition) is 1. The van der Waals surface area contributed by atoms with Crippen molar-refractivity contribution in [3.63, 3.8) is 0 Å². The van der Waals surface area contributed by atoms with Gasteiger partial charge in [-0.2, -0.15) is 0 Å². The van der Waals surface area contributed by atoms with E-state index >= 15 is 0 Å². The van der Waals surface area contributed by atoms with Crippen molar-refractivity contribution in [3.8, 4) is 11.4 Å². The lowest BCUT2D eigenvalue weighted by Gasteiger charge is -2.09. The second kappa shape index (κ2) is 8.27. The Morgan fingerprint density at radius 3 is 2.62 bits per heavy atom. The third-order valence-electron chi connectivity index (χ3n) is 4.34. The van der Waals surface area contributed by atoms with Crippen molar-refractivity contribution in [2.45, 2.75) is 31.3 Å². The van der Waals surface area contributed by atoms with E-state index in [1.807, 2.05) is 24.3 Å². The summed E-state index contributed by atoms with van der Waals surface area (Å²) >= 11 is 1.23. The van der Waals surface area contributed by atoms with Gasteiger partial charge in [-0.05, 0) is 30.0 Å². The molecule has 0 spiro atoms. The smallest absolute Gasteiger partial charge is 0.209 e. The molecule has 0 aliphatic rings. The van der Waals surface area contributed by atoms with Crippen molar-refractivity contribution < 1.29 is 9.18 Å². The Hall–Kier alpha value is -2.47. The van der Waals surface area contributed by atoms with Gasteiger partial charge in [-0.3, -0.25) is 9.89 Å². The Morgan fingerprint density at radius 1 is 1.19 bits per heavy atom. The lowest BCUT2D eigenvalue weighted by atomic mass is 9.97. The van der Waals surface area contributed by atoms with Gasteiger partial charge in [-0.15, -0.1) is 5.10 Å². The van der Waals surface area contributed by atoms with Crippen LogP contribution in [0.4, 0.5) is 4.39 Å². The van der Waals surface area contributed by atoms with Crippen molar-refractivity contribution in [3.05, 3.63) is 65.5 Å². The molecule has 1 N–H and O–H groups in total. The molecule has 3 aromatic rings. The average molecular weight is 369 g/mol. The minimum Gasteiger partial charge on any atom is -0.293 e. The summed E-state index contributed by atoms with van der Waals surface area (Å²) in [5.74, 6) is 0.729. The predicted octanol–water partition coefficient (Wildman–Crippen LogP) is 5.10. The summed E-state index contributed by atoms with van der Waals surface area (Å²) in [6.07, 6.45) is 1.07. The molecule has 0 aliphatic carbocycles. The summed E-state index contributed by atoms with van der Waals surface area (Å²) in [6, 6.07) is 14.1. The number of Topliss-reactive ketones (excluding diaryl/α,β-unsaturated/α-hetero) is 1. The summed E-state index contributed by atoms with van der Waals surface area (Å²) < 4.78 is 13.8. The fraction of sp³-hybridized carbons (Fsp3) is 0.250. The van der Waals surface area contributed by atoms with Crippen molar-refractivity contribution in [2.75, 3.05) is 5.75 Å². The highest BCUT2D eigenvalue weighted by Gasteiger charge is 2.13. The lowest BCUT2D eigenvalue weighted by Crippen LogP contribution is -2.03. The zero-order valence-corrected chi connectivity index (χ0v) is 15.5. The van der Waals surface area contributed by atoms with E-state index in [4.69, 9.17) is 0 Å².